The van der Waals surface area contributed by atoms with Gasteiger partial charge in [-0.3, -0.25) is 0 Å². The Kier molecular flexibility index (Phi) is 3.59. The summed E-state index contributed by atoms with van der Waals surface area (Å²) in [6.07, 6.45) is 1.30. The SMILES string of the molecule is CC(O)C(C)(C)Nc1nccc2c(Br)cccc12. The summed E-state index contributed by atoms with van der Waals surface area (Å²) in [6.45, 7) is 5.68. The first-order valence-corrected chi connectivity index (χ1v) is 6.70. The van der Waals surface area contributed by atoms with Crippen LogP contribution in [-0.4, -0.2) is 21.7 Å². The van der Waals surface area contributed by atoms with Gasteiger partial charge in [-0.05, 0) is 32.9 Å². The molecule has 1 aromatic heterocycles. The van der Waals surface area contributed by atoms with E-state index in [0.29, 0.717) is 0 Å². The van der Waals surface area contributed by atoms with Gasteiger partial charge >= 0.3 is 0 Å². The number of fused-ring (bicyclic) bond motifs is 1. The minimum atomic E-state index is -0.471. The fraction of sp³-hybridized carbons (Fsp3) is 0.357. The molecule has 1 heterocycles. The monoisotopic (exact) mass is 308 g/mol. The zero-order valence-corrected chi connectivity index (χ0v) is 12.3. The van der Waals surface area contributed by atoms with E-state index in [1.165, 1.54) is 0 Å². The molecule has 2 rings (SSSR count). The standard InChI is InChI=1S/C14H17BrN2O/c1-9(18)14(2,3)17-13-11-5-4-6-12(15)10(11)7-8-16-13/h4-9,18H,1-3H3,(H,16,17). The van der Waals surface area contributed by atoms with E-state index in [-0.39, 0.29) is 0 Å². The molecule has 0 bridgehead atoms. The Morgan fingerprint density at radius 3 is 2.67 bits per heavy atom. The quantitative estimate of drug-likeness (QED) is 0.911. The number of nitrogens with one attached hydrogen (secondary N) is 1. The van der Waals surface area contributed by atoms with Crippen LogP contribution in [0.5, 0.6) is 0 Å². The van der Waals surface area contributed by atoms with Crippen molar-refractivity contribution in [2.45, 2.75) is 32.4 Å². The first kappa shape index (κ1) is 13.3. The highest BCUT2D eigenvalue weighted by molar-refractivity contribution is 9.10. The number of aliphatic hydroxyl groups excluding tert-OH is 1. The second kappa shape index (κ2) is 4.86. The van der Waals surface area contributed by atoms with Crippen molar-refractivity contribution in [3.8, 4) is 0 Å². The largest absolute Gasteiger partial charge is 0.391 e. The molecule has 0 saturated heterocycles. The van der Waals surface area contributed by atoms with Gasteiger partial charge in [0.05, 0.1) is 11.6 Å². The van der Waals surface area contributed by atoms with Gasteiger partial charge < -0.3 is 10.4 Å². The molecule has 4 heteroatoms. The van der Waals surface area contributed by atoms with Crippen LogP contribution in [0.3, 0.4) is 0 Å². The van der Waals surface area contributed by atoms with Crippen LogP contribution in [0.25, 0.3) is 10.8 Å². The number of rotatable bonds is 3. The molecule has 0 aliphatic rings. The van der Waals surface area contributed by atoms with Crippen molar-refractivity contribution in [2.75, 3.05) is 5.32 Å². The molecule has 96 valence electrons. The lowest BCUT2D eigenvalue weighted by Crippen LogP contribution is -2.42. The van der Waals surface area contributed by atoms with E-state index in [0.717, 1.165) is 21.1 Å². The van der Waals surface area contributed by atoms with Gasteiger partial charge in [-0.15, -0.1) is 0 Å². The average Bonchev–Trinajstić information content (AvgIpc) is 2.30. The number of aromatic nitrogens is 1. The molecular formula is C14H17BrN2O. The van der Waals surface area contributed by atoms with Crippen molar-refractivity contribution < 1.29 is 5.11 Å². The average molecular weight is 309 g/mol. The Balaban J connectivity index is 2.49. The summed E-state index contributed by atoms with van der Waals surface area (Å²) in [5.74, 6) is 0.791. The van der Waals surface area contributed by atoms with E-state index in [1.54, 1.807) is 13.1 Å². The molecule has 0 amide bonds. The predicted octanol–water partition coefficient (Wildman–Crippen LogP) is 3.57. The van der Waals surface area contributed by atoms with E-state index < -0.39 is 11.6 Å². The van der Waals surface area contributed by atoms with Crippen molar-refractivity contribution in [1.82, 2.24) is 4.98 Å². The van der Waals surface area contributed by atoms with E-state index >= 15 is 0 Å². The zero-order chi connectivity index (χ0) is 13.3. The molecule has 2 aromatic rings. The summed E-state index contributed by atoms with van der Waals surface area (Å²) in [5.41, 5.74) is -0.427. The number of pyridine rings is 1. The van der Waals surface area contributed by atoms with Crippen LogP contribution >= 0.6 is 15.9 Å². The van der Waals surface area contributed by atoms with Gasteiger partial charge in [0.1, 0.15) is 5.82 Å². The normalized spacial score (nSPS) is 13.6. The molecule has 0 aliphatic carbocycles. The van der Waals surface area contributed by atoms with Gasteiger partial charge in [0.25, 0.3) is 0 Å². The number of anilines is 1. The van der Waals surface area contributed by atoms with Crippen LogP contribution in [0.4, 0.5) is 5.82 Å². The van der Waals surface area contributed by atoms with E-state index in [9.17, 15) is 5.11 Å². The van der Waals surface area contributed by atoms with Crippen LogP contribution in [0.15, 0.2) is 34.9 Å². The first-order valence-electron chi connectivity index (χ1n) is 5.91. The molecular weight excluding hydrogens is 292 g/mol. The van der Waals surface area contributed by atoms with Crippen LogP contribution < -0.4 is 5.32 Å². The molecule has 1 aromatic carbocycles. The maximum Gasteiger partial charge on any atom is 0.134 e. The van der Waals surface area contributed by atoms with E-state index in [4.69, 9.17) is 0 Å². The van der Waals surface area contributed by atoms with E-state index in [1.807, 2.05) is 38.1 Å². The Morgan fingerprint density at radius 2 is 2.00 bits per heavy atom. The Labute approximate surface area is 115 Å². The van der Waals surface area contributed by atoms with Gasteiger partial charge in [-0.2, -0.15) is 0 Å². The molecule has 0 spiro atoms. The molecule has 3 nitrogen and oxygen atoms in total. The van der Waals surface area contributed by atoms with Gasteiger partial charge in [0, 0.05) is 21.4 Å². The predicted molar refractivity (Wildman–Crippen MR) is 78.8 cm³/mol. The summed E-state index contributed by atoms with van der Waals surface area (Å²) < 4.78 is 1.04. The van der Waals surface area contributed by atoms with Gasteiger partial charge in [0.15, 0.2) is 0 Å². The summed E-state index contributed by atoms with van der Waals surface area (Å²) in [6, 6.07) is 7.98. The molecule has 1 unspecified atom stereocenters. The molecule has 18 heavy (non-hydrogen) atoms. The van der Waals surface area contributed by atoms with Gasteiger partial charge in [-0.1, -0.05) is 28.1 Å². The molecule has 0 aliphatic heterocycles. The molecule has 1 atom stereocenters. The Bertz CT molecular complexity index is 567. The van der Waals surface area contributed by atoms with Crippen LogP contribution in [0, 0.1) is 0 Å². The number of hydrogen-bond donors (Lipinski definition) is 2. The fourth-order valence-corrected chi connectivity index (χ4v) is 2.18. The number of nitrogens with zero attached hydrogens (tertiary/aromatic N) is 1. The third-order valence-electron chi connectivity index (χ3n) is 3.24. The smallest absolute Gasteiger partial charge is 0.134 e. The minimum Gasteiger partial charge on any atom is -0.391 e. The number of aliphatic hydroxyl groups is 1. The van der Waals surface area contributed by atoms with Crippen molar-refractivity contribution in [3.05, 3.63) is 34.9 Å². The number of halogens is 1. The van der Waals surface area contributed by atoms with Crippen LogP contribution in [0.1, 0.15) is 20.8 Å². The highest BCUT2D eigenvalue weighted by Gasteiger charge is 2.24. The maximum absolute atomic E-state index is 9.77. The topological polar surface area (TPSA) is 45.1 Å². The zero-order valence-electron chi connectivity index (χ0n) is 10.7. The van der Waals surface area contributed by atoms with Crippen molar-refractivity contribution in [1.29, 1.82) is 0 Å². The third kappa shape index (κ3) is 2.49. The number of benzene rings is 1. The lowest BCUT2D eigenvalue weighted by Gasteiger charge is -2.30. The first-order chi connectivity index (χ1) is 8.42. The lowest BCUT2D eigenvalue weighted by atomic mass is 9.98. The summed E-state index contributed by atoms with van der Waals surface area (Å²) >= 11 is 3.53. The lowest BCUT2D eigenvalue weighted by molar-refractivity contribution is 0.133. The minimum absolute atomic E-state index is 0.427. The molecule has 0 radical (unpaired) electrons. The highest BCUT2D eigenvalue weighted by Crippen LogP contribution is 2.29. The van der Waals surface area contributed by atoms with Gasteiger partial charge in [-0.25, -0.2) is 4.98 Å². The summed E-state index contributed by atoms with van der Waals surface area (Å²) in [4.78, 5) is 4.37. The van der Waals surface area contributed by atoms with Crippen molar-refractivity contribution in [2.24, 2.45) is 0 Å². The summed E-state index contributed by atoms with van der Waals surface area (Å²) in [7, 11) is 0. The Hall–Kier alpha value is -1.13. The van der Waals surface area contributed by atoms with Crippen molar-refractivity contribution >= 4 is 32.5 Å². The Morgan fingerprint density at radius 1 is 1.28 bits per heavy atom. The van der Waals surface area contributed by atoms with Crippen LogP contribution in [0.2, 0.25) is 0 Å². The van der Waals surface area contributed by atoms with Crippen molar-refractivity contribution in [3.63, 3.8) is 0 Å². The fourth-order valence-electron chi connectivity index (χ4n) is 1.68. The molecule has 0 saturated carbocycles. The number of hydrogen-bond acceptors (Lipinski definition) is 3. The van der Waals surface area contributed by atoms with Gasteiger partial charge in [0.2, 0.25) is 0 Å². The second-order valence-electron chi connectivity index (χ2n) is 5.02. The van der Waals surface area contributed by atoms with Crippen LogP contribution in [-0.2, 0) is 0 Å². The third-order valence-corrected chi connectivity index (χ3v) is 3.93. The maximum atomic E-state index is 9.77. The highest BCUT2D eigenvalue weighted by atomic mass is 79.9. The summed E-state index contributed by atoms with van der Waals surface area (Å²) in [5, 5.41) is 15.2. The molecule has 0 fully saturated rings. The van der Waals surface area contributed by atoms with E-state index in [2.05, 4.69) is 26.2 Å². The molecule has 2 N–H and O–H groups in total. The second-order valence-corrected chi connectivity index (χ2v) is 5.87.